The van der Waals surface area contributed by atoms with Gasteiger partial charge in [0.1, 0.15) is 5.75 Å². The van der Waals surface area contributed by atoms with E-state index in [0.717, 1.165) is 15.8 Å². The molecule has 1 heterocycles. The number of benzene rings is 1. The topological polar surface area (TPSA) is 35.0 Å². The van der Waals surface area contributed by atoms with Crippen molar-refractivity contribution in [1.82, 2.24) is 9.97 Å². The summed E-state index contributed by atoms with van der Waals surface area (Å²) in [5.74, 6) is 1.11. The minimum absolute atomic E-state index is 0.295. The first-order valence-electron chi connectivity index (χ1n) is 5.51. The Balaban J connectivity index is 2.31. The summed E-state index contributed by atoms with van der Waals surface area (Å²) in [5, 5.41) is 0.488. The number of hydrogen-bond donors (Lipinski definition) is 0. The highest BCUT2D eigenvalue weighted by atomic mass is 79.9. The standard InChI is InChI=1S/C13H12BrClN2O/c1-8(2)11-5-9(14)3-4-12(11)18-13-16-6-10(15)7-17-13/h3-8H,1-2H3. The lowest BCUT2D eigenvalue weighted by Crippen LogP contribution is -1.96. The van der Waals surface area contributed by atoms with Crippen LogP contribution in [0.1, 0.15) is 25.3 Å². The molecule has 3 nitrogen and oxygen atoms in total. The molecular formula is C13H12BrClN2O. The van der Waals surface area contributed by atoms with Gasteiger partial charge in [0.05, 0.1) is 17.4 Å². The largest absolute Gasteiger partial charge is 0.424 e. The van der Waals surface area contributed by atoms with Crippen LogP contribution in [0.4, 0.5) is 0 Å². The van der Waals surface area contributed by atoms with Gasteiger partial charge in [-0.05, 0) is 29.7 Å². The summed E-state index contributed by atoms with van der Waals surface area (Å²) in [5.41, 5.74) is 1.10. The summed E-state index contributed by atoms with van der Waals surface area (Å²) in [7, 11) is 0. The average Bonchev–Trinajstić information content (AvgIpc) is 2.34. The maximum absolute atomic E-state index is 5.73. The van der Waals surface area contributed by atoms with Crippen LogP contribution in [0.2, 0.25) is 5.02 Å². The fraction of sp³-hybridized carbons (Fsp3) is 0.231. The lowest BCUT2D eigenvalue weighted by Gasteiger charge is -2.12. The number of halogens is 2. The first kappa shape index (κ1) is 13.3. The van der Waals surface area contributed by atoms with Crippen molar-refractivity contribution < 1.29 is 4.74 Å². The number of aromatic nitrogens is 2. The predicted octanol–water partition coefficient (Wildman–Crippen LogP) is 4.81. The zero-order chi connectivity index (χ0) is 13.1. The van der Waals surface area contributed by atoms with Crippen molar-refractivity contribution in [1.29, 1.82) is 0 Å². The molecule has 2 aromatic rings. The van der Waals surface area contributed by atoms with Gasteiger partial charge in [0, 0.05) is 4.47 Å². The Morgan fingerprint density at radius 1 is 1.22 bits per heavy atom. The quantitative estimate of drug-likeness (QED) is 0.811. The van der Waals surface area contributed by atoms with Crippen molar-refractivity contribution in [3.63, 3.8) is 0 Å². The van der Waals surface area contributed by atoms with Gasteiger partial charge in [-0.25, -0.2) is 9.97 Å². The molecule has 94 valence electrons. The maximum Gasteiger partial charge on any atom is 0.321 e. The number of hydrogen-bond acceptors (Lipinski definition) is 3. The molecule has 0 aliphatic rings. The molecule has 0 radical (unpaired) electrons. The zero-order valence-corrected chi connectivity index (χ0v) is 12.4. The summed E-state index contributed by atoms with van der Waals surface area (Å²) < 4.78 is 6.70. The van der Waals surface area contributed by atoms with E-state index in [-0.39, 0.29) is 0 Å². The van der Waals surface area contributed by atoms with Crippen LogP contribution in [-0.2, 0) is 0 Å². The van der Waals surface area contributed by atoms with Crippen LogP contribution >= 0.6 is 27.5 Å². The average molecular weight is 328 g/mol. The molecule has 18 heavy (non-hydrogen) atoms. The number of rotatable bonds is 3. The van der Waals surface area contributed by atoms with E-state index in [2.05, 4.69) is 39.7 Å². The lowest BCUT2D eigenvalue weighted by atomic mass is 10.0. The van der Waals surface area contributed by atoms with Crippen LogP contribution in [0, 0.1) is 0 Å². The van der Waals surface area contributed by atoms with Crippen LogP contribution in [0.3, 0.4) is 0 Å². The van der Waals surface area contributed by atoms with Gasteiger partial charge < -0.3 is 4.74 Å². The van der Waals surface area contributed by atoms with E-state index < -0.39 is 0 Å². The van der Waals surface area contributed by atoms with E-state index >= 15 is 0 Å². The maximum atomic E-state index is 5.73. The van der Waals surface area contributed by atoms with E-state index in [9.17, 15) is 0 Å². The fourth-order valence-corrected chi connectivity index (χ4v) is 1.99. The molecule has 0 aliphatic carbocycles. The highest BCUT2D eigenvalue weighted by Crippen LogP contribution is 2.31. The first-order valence-corrected chi connectivity index (χ1v) is 6.68. The Morgan fingerprint density at radius 3 is 2.50 bits per heavy atom. The van der Waals surface area contributed by atoms with Gasteiger partial charge in [0.2, 0.25) is 0 Å². The molecule has 1 aromatic carbocycles. The Kier molecular flexibility index (Phi) is 4.19. The third-order valence-corrected chi connectivity index (χ3v) is 3.08. The molecule has 0 N–H and O–H groups in total. The third-order valence-electron chi connectivity index (χ3n) is 2.39. The lowest BCUT2D eigenvalue weighted by molar-refractivity contribution is 0.434. The summed E-state index contributed by atoms with van der Waals surface area (Å²) in [6, 6.07) is 6.16. The van der Waals surface area contributed by atoms with Crippen LogP contribution < -0.4 is 4.74 Å². The van der Waals surface area contributed by atoms with Crippen molar-refractivity contribution in [2.24, 2.45) is 0 Å². The Bertz CT molecular complexity index is 543. The highest BCUT2D eigenvalue weighted by Gasteiger charge is 2.10. The van der Waals surface area contributed by atoms with Gasteiger partial charge in [-0.1, -0.05) is 41.4 Å². The van der Waals surface area contributed by atoms with E-state index in [1.165, 1.54) is 12.4 Å². The fourth-order valence-electron chi connectivity index (χ4n) is 1.51. The van der Waals surface area contributed by atoms with E-state index in [0.29, 0.717) is 17.0 Å². The second-order valence-corrected chi connectivity index (χ2v) is 5.47. The van der Waals surface area contributed by atoms with E-state index in [1.54, 1.807) is 0 Å². The van der Waals surface area contributed by atoms with Gasteiger partial charge >= 0.3 is 6.01 Å². The zero-order valence-electron chi connectivity index (χ0n) is 10.0. The van der Waals surface area contributed by atoms with Crippen LogP contribution in [0.25, 0.3) is 0 Å². The Labute approximate surface area is 119 Å². The van der Waals surface area contributed by atoms with E-state index in [1.807, 2.05) is 18.2 Å². The van der Waals surface area contributed by atoms with Gasteiger partial charge in [-0.15, -0.1) is 0 Å². The molecule has 0 bridgehead atoms. The smallest absolute Gasteiger partial charge is 0.321 e. The van der Waals surface area contributed by atoms with Gasteiger partial charge in [-0.3, -0.25) is 0 Å². The monoisotopic (exact) mass is 326 g/mol. The second kappa shape index (κ2) is 5.67. The predicted molar refractivity (Wildman–Crippen MR) is 75.3 cm³/mol. The van der Waals surface area contributed by atoms with Gasteiger partial charge in [-0.2, -0.15) is 0 Å². The summed E-state index contributed by atoms with van der Waals surface area (Å²) in [6.07, 6.45) is 3.02. The van der Waals surface area contributed by atoms with Crippen LogP contribution in [0.15, 0.2) is 35.1 Å². The highest BCUT2D eigenvalue weighted by molar-refractivity contribution is 9.10. The third kappa shape index (κ3) is 3.21. The number of nitrogens with zero attached hydrogens (tertiary/aromatic N) is 2. The second-order valence-electron chi connectivity index (χ2n) is 4.12. The van der Waals surface area contributed by atoms with Crippen LogP contribution in [-0.4, -0.2) is 9.97 Å². The Morgan fingerprint density at radius 2 is 1.89 bits per heavy atom. The summed E-state index contributed by atoms with van der Waals surface area (Å²) in [4.78, 5) is 8.04. The molecule has 0 atom stereocenters. The minimum Gasteiger partial charge on any atom is -0.424 e. The van der Waals surface area contributed by atoms with Crippen molar-refractivity contribution in [3.8, 4) is 11.8 Å². The molecule has 2 rings (SSSR count). The molecule has 0 amide bonds. The first-order chi connectivity index (χ1) is 8.56. The summed E-state index contributed by atoms with van der Waals surface area (Å²) in [6.45, 7) is 4.22. The molecular weight excluding hydrogens is 316 g/mol. The molecule has 0 fully saturated rings. The van der Waals surface area contributed by atoms with Crippen molar-refractivity contribution in [3.05, 3.63) is 45.7 Å². The van der Waals surface area contributed by atoms with Crippen molar-refractivity contribution in [2.75, 3.05) is 0 Å². The van der Waals surface area contributed by atoms with Gasteiger partial charge in [0.15, 0.2) is 0 Å². The molecule has 0 unspecified atom stereocenters. The molecule has 0 saturated carbocycles. The van der Waals surface area contributed by atoms with Gasteiger partial charge in [0.25, 0.3) is 0 Å². The SMILES string of the molecule is CC(C)c1cc(Br)ccc1Oc1ncc(Cl)cn1. The minimum atomic E-state index is 0.295. The normalized spacial score (nSPS) is 10.7. The molecule has 5 heteroatoms. The van der Waals surface area contributed by atoms with Crippen molar-refractivity contribution in [2.45, 2.75) is 19.8 Å². The summed E-state index contributed by atoms with van der Waals surface area (Å²) >= 11 is 9.19. The molecule has 0 spiro atoms. The number of ether oxygens (including phenoxy) is 1. The van der Waals surface area contributed by atoms with E-state index in [4.69, 9.17) is 16.3 Å². The van der Waals surface area contributed by atoms with Crippen LogP contribution in [0.5, 0.6) is 11.8 Å². The molecule has 0 aliphatic heterocycles. The Hall–Kier alpha value is -1.13. The molecule has 1 aromatic heterocycles. The molecule has 0 saturated heterocycles. The van der Waals surface area contributed by atoms with Crippen molar-refractivity contribution >= 4 is 27.5 Å².